The normalized spacial score (nSPS) is 9.62. The molecule has 0 aliphatic heterocycles. The predicted molar refractivity (Wildman–Crippen MR) is 314 cm³/mol. The molecule has 11 rings (SSSR count). The number of pyridine rings is 7. The highest BCUT2D eigenvalue weighted by Crippen LogP contribution is 2.21. The van der Waals surface area contributed by atoms with Crippen molar-refractivity contribution in [2.45, 2.75) is 6.92 Å². The van der Waals surface area contributed by atoms with E-state index in [1.807, 2.05) is 54.6 Å². The van der Waals surface area contributed by atoms with Crippen LogP contribution in [-0.2, 0) is 9.53 Å². The van der Waals surface area contributed by atoms with Crippen LogP contribution >= 0.6 is 0 Å². The van der Waals surface area contributed by atoms with Gasteiger partial charge in [-0.2, -0.15) is 0 Å². The first kappa shape index (κ1) is 64.9. The van der Waals surface area contributed by atoms with Gasteiger partial charge in [0.1, 0.15) is 34.0 Å². The lowest BCUT2D eigenvalue weighted by Gasteiger charge is -2.01. The number of nitrogens with zero attached hydrogens (tertiary/aromatic N) is 10. The van der Waals surface area contributed by atoms with Crippen LogP contribution < -0.4 is 5.73 Å². The monoisotopic (exact) mass is 1130 g/mol. The van der Waals surface area contributed by atoms with Crippen molar-refractivity contribution < 1.29 is 53.9 Å². The average Bonchev–Trinajstić information content (AvgIpc) is 3.61. The summed E-state index contributed by atoms with van der Waals surface area (Å²) in [6.07, 6.45) is 15.4. The molecule has 8 heterocycles. The fraction of sp³-hybridized carbons (Fsp3) is 0.0806. The number of esters is 1. The standard InChI is InChI=1S/C12H8N2.C12H9NO.C9H7NO.C8H9NO2.C6H6N2O.C6H5NO2.C5H4N2O2.C4H9NO2/c1-3-9-5-6-10-4-2-8-14-12(10)11(9)13-7-1;14-12(10-6-2-1-3-7-10)11-8-4-5-9-13-11;11-8-5-1-3-7-4-2-6-10-9(7)8;1-2-11-8(10)7-5-3-4-6-9-7;7-6(9)5-3-1-2-4-8-5;8-6(9)5-3-1-2-4-7-5;8-5(9)4-3-6-1-2-7-4;1-5(2)3-4(6)7/h1-8H;1-9H;1-6,11H;3-6H,2H2,1H3;1-4H,(H2,7,9);1-4H,(H,8,9);1-3H,(H,8,9);3H2,1-2H3,(H,6,7). The van der Waals surface area contributed by atoms with Crippen molar-refractivity contribution in [3.05, 3.63) is 266 Å². The number of carbonyl (C=O) groups excluding carboxylic acids is 3. The highest BCUT2D eigenvalue weighted by molar-refractivity contribution is 6.07. The van der Waals surface area contributed by atoms with E-state index >= 15 is 0 Å². The smallest absolute Gasteiger partial charge is 0.356 e. The van der Waals surface area contributed by atoms with Gasteiger partial charge >= 0.3 is 23.9 Å². The van der Waals surface area contributed by atoms with Gasteiger partial charge in [-0.3, -0.25) is 49.2 Å². The van der Waals surface area contributed by atoms with E-state index in [9.17, 15) is 33.9 Å². The summed E-state index contributed by atoms with van der Waals surface area (Å²) in [5, 5.41) is 37.2. The molecule has 0 atom stereocenters. The van der Waals surface area contributed by atoms with Gasteiger partial charge < -0.3 is 30.9 Å². The third kappa shape index (κ3) is 23.8. The van der Waals surface area contributed by atoms with Crippen molar-refractivity contribution >= 4 is 68.3 Å². The maximum Gasteiger partial charge on any atom is 0.356 e. The van der Waals surface area contributed by atoms with Crippen LogP contribution in [0.1, 0.15) is 64.9 Å². The van der Waals surface area contributed by atoms with Gasteiger partial charge in [-0.15, -0.1) is 0 Å². The summed E-state index contributed by atoms with van der Waals surface area (Å²) < 4.78 is 4.73. The van der Waals surface area contributed by atoms with Gasteiger partial charge in [0.15, 0.2) is 5.69 Å². The van der Waals surface area contributed by atoms with Crippen LogP contribution in [0.4, 0.5) is 0 Å². The number of amides is 1. The van der Waals surface area contributed by atoms with Crippen molar-refractivity contribution in [2.24, 2.45) is 5.73 Å². The molecule has 6 N–H and O–H groups in total. The molecule has 0 bridgehead atoms. The lowest BCUT2D eigenvalue weighted by atomic mass is 10.1. The molecular formula is C62H57N11O11. The second-order valence-corrected chi connectivity index (χ2v) is 16.5. The molecular weight excluding hydrogens is 1070 g/mol. The van der Waals surface area contributed by atoms with E-state index in [0.29, 0.717) is 34.8 Å². The zero-order valence-electron chi connectivity index (χ0n) is 45.5. The average molecular weight is 1130 g/mol. The van der Waals surface area contributed by atoms with Gasteiger partial charge in [-0.1, -0.05) is 97.1 Å². The number of phenols is 1. The van der Waals surface area contributed by atoms with Gasteiger partial charge in [-0.05, 0) is 93.8 Å². The molecule has 3 aromatic carbocycles. The van der Waals surface area contributed by atoms with E-state index in [4.69, 9.17) is 25.8 Å². The number of aliphatic carboxylic acids is 1. The van der Waals surface area contributed by atoms with E-state index in [-0.39, 0.29) is 35.4 Å². The van der Waals surface area contributed by atoms with Crippen molar-refractivity contribution in [3.63, 3.8) is 0 Å². The Morgan fingerprint density at radius 1 is 0.440 bits per heavy atom. The molecule has 0 fully saturated rings. The summed E-state index contributed by atoms with van der Waals surface area (Å²) in [7, 11) is 3.43. The number of ether oxygens (including phenoxy) is 1. The number of aromatic hydroxyl groups is 1. The van der Waals surface area contributed by atoms with Crippen LogP contribution in [0, 0.1) is 0 Å². The van der Waals surface area contributed by atoms with Crippen LogP contribution in [-0.4, -0.2) is 133 Å². The molecule has 11 aromatic rings. The number of nitrogens with two attached hydrogens (primary N) is 1. The fourth-order valence-corrected chi connectivity index (χ4v) is 6.37. The molecule has 22 heteroatoms. The van der Waals surface area contributed by atoms with Crippen LogP contribution in [0.15, 0.2) is 232 Å². The Kier molecular flexibility index (Phi) is 28.2. The molecule has 0 saturated heterocycles. The first-order valence-electron chi connectivity index (χ1n) is 25.0. The Morgan fingerprint density at radius 3 is 1.24 bits per heavy atom. The molecule has 0 aliphatic rings. The number of phenolic OH excluding ortho intramolecular Hbond substituents is 1. The second kappa shape index (κ2) is 36.5. The summed E-state index contributed by atoms with van der Waals surface area (Å²) in [6.45, 7) is 2.26. The zero-order valence-corrected chi connectivity index (χ0v) is 45.5. The Labute approximate surface area is 481 Å². The Balaban J connectivity index is 0.000000208. The van der Waals surface area contributed by atoms with E-state index in [1.165, 1.54) is 37.1 Å². The largest absolute Gasteiger partial charge is 0.506 e. The number of aromatic carboxylic acids is 2. The van der Waals surface area contributed by atoms with Crippen molar-refractivity contribution in [2.75, 3.05) is 27.2 Å². The van der Waals surface area contributed by atoms with Gasteiger partial charge in [-0.25, -0.2) is 29.3 Å². The van der Waals surface area contributed by atoms with Crippen molar-refractivity contribution in [1.82, 2.24) is 49.8 Å². The molecule has 8 aromatic heterocycles. The molecule has 22 nitrogen and oxygen atoms in total. The molecule has 0 radical (unpaired) electrons. The fourth-order valence-electron chi connectivity index (χ4n) is 6.37. The van der Waals surface area contributed by atoms with E-state index in [0.717, 1.165) is 27.2 Å². The zero-order chi connectivity index (χ0) is 60.9. The first-order valence-corrected chi connectivity index (χ1v) is 25.0. The minimum absolute atomic E-state index is 0.0301. The highest BCUT2D eigenvalue weighted by atomic mass is 16.5. The number of rotatable bonds is 9. The molecule has 0 aliphatic carbocycles. The third-order valence-electron chi connectivity index (χ3n) is 10.1. The lowest BCUT2D eigenvalue weighted by molar-refractivity contribution is -0.137. The molecule has 0 unspecified atom stereocenters. The number of carboxylic acids is 3. The summed E-state index contributed by atoms with van der Waals surface area (Å²) in [6, 6.07) is 50.6. The number of ketones is 1. The number of likely N-dealkylation sites (N-methyl/N-ethyl adjacent to an activating group) is 1. The minimum atomic E-state index is -1.05. The number of primary amides is 1. The molecule has 0 saturated carbocycles. The summed E-state index contributed by atoms with van der Waals surface area (Å²) in [5.74, 6) is -3.48. The Hall–Kier alpha value is -11.7. The van der Waals surface area contributed by atoms with Crippen LogP contribution in [0.3, 0.4) is 0 Å². The predicted octanol–water partition coefficient (Wildman–Crippen LogP) is 9.06. The maximum absolute atomic E-state index is 11.8. The van der Waals surface area contributed by atoms with Crippen LogP contribution in [0.5, 0.6) is 5.75 Å². The minimum Gasteiger partial charge on any atom is -0.506 e. The Bertz CT molecular complexity index is 3550. The van der Waals surface area contributed by atoms with E-state index < -0.39 is 23.8 Å². The van der Waals surface area contributed by atoms with Crippen molar-refractivity contribution in [3.8, 4) is 5.75 Å². The topological polar surface area (TPSA) is 338 Å². The molecule has 84 heavy (non-hydrogen) atoms. The summed E-state index contributed by atoms with van der Waals surface area (Å²) in [5.41, 5.74) is 9.40. The number of carbonyl (C=O) groups is 6. The highest BCUT2D eigenvalue weighted by Gasteiger charge is 2.09. The number of aromatic nitrogens is 9. The number of fused-ring (bicyclic) bond motifs is 4. The van der Waals surface area contributed by atoms with Gasteiger partial charge in [0.25, 0.3) is 5.91 Å². The van der Waals surface area contributed by atoms with Gasteiger partial charge in [0, 0.05) is 77.5 Å². The van der Waals surface area contributed by atoms with E-state index in [2.05, 4.69) is 69.1 Å². The molecule has 0 spiro atoms. The number of hydrogen-bond acceptors (Lipinski definition) is 18. The number of para-hydroxylation sites is 1. The SMILES string of the molecule is CCOC(=O)c1ccccn1.CN(C)CC(=O)O.NC(=O)c1ccccn1.O=C(O)c1ccccn1.O=C(O)c1cnccn1.O=C(c1ccccc1)c1ccccn1.Oc1cccc2cccnc12.c1cnc2c(c1)ccc1cccnc12. The lowest BCUT2D eigenvalue weighted by Crippen LogP contribution is -2.20. The van der Waals surface area contributed by atoms with Gasteiger partial charge in [0.05, 0.1) is 30.4 Å². The number of carboxylic acid groups (broad SMARTS) is 3. The summed E-state index contributed by atoms with van der Waals surface area (Å²) >= 11 is 0. The molecule has 1 amide bonds. The van der Waals surface area contributed by atoms with Gasteiger partial charge in [0.2, 0.25) is 5.78 Å². The quantitative estimate of drug-likeness (QED) is 0.0511. The Morgan fingerprint density at radius 2 is 0.869 bits per heavy atom. The van der Waals surface area contributed by atoms with Crippen molar-refractivity contribution in [1.29, 1.82) is 0 Å². The number of benzene rings is 3. The van der Waals surface area contributed by atoms with Crippen LogP contribution in [0.2, 0.25) is 0 Å². The molecule has 426 valence electrons. The van der Waals surface area contributed by atoms with Crippen LogP contribution in [0.25, 0.3) is 32.7 Å². The summed E-state index contributed by atoms with van der Waals surface area (Å²) in [4.78, 5) is 99.6. The maximum atomic E-state index is 11.8. The second-order valence-electron chi connectivity index (χ2n) is 16.5. The number of hydrogen-bond donors (Lipinski definition) is 5. The first-order chi connectivity index (χ1) is 40.6. The van der Waals surface area contributed by atoms with E-state index in [1.54, 1.807) is 142 Å². The third-order valence-corrected chi connectivity index (χ3v) is 10.1.